The molecule has 0 radical (unpaired) electrons. The Bertz CT molecular complexity index is 469. The van der Waals surface area contributed by atoms with E-state index in [1.807, 2.05) is 6.07 Å². The number of carboxylic acid groups (broad SMARTS) is 1. The average molecular weight is 256 g/mol. The highest BCUT2D eigenvalue weighted by molar-refractivity contribution is 6.30. The third-order valence-corrected chi connectivity index (χ3v) is 2.44. The quantitative estimate of drug-likeness (QED) is 0.747. The van der Waals surface area contributed by atoms with Crippen molar-refractivity contribution in [2.45, 2.75) is 18.6 Å². The van der Waals surface area contributed by atoms with Crippen LogP contribution in [0.5, 0.6) is 0 Å². The number of aliphatic carboxylic acids is 1. The lowest BCUT2D eigenvalue weighted by atomic mass is 9.98. The third kappa shape index (κ3) is 3.43. The molecule has 5 nitrogen and oxygen atoms in total. The molecule has 0 heterocycles. The van der Waals surface area contributed by atoms with Gasteiger partial charge in [-0.2, -0.15) is 5.26 Å². The minimum Gasteiger partial charge on any atom is -0.481 e. The number of rotatable bonds is 4. The lowest BCUT2D eigenvalue weighted by molar-refractivity contribution is -0.141. The second kappa shape index (κ2) is 5.64. The van der Waals surface area contributed by atoms with Gasteiger partial charge < -0.3 is 15.3 Å². The van der Waals surface area contributed by atoms with Gasteiger partial charge in [-0.3, -0.25) is 4.79 Å². The molecule has 2 unspecified atom stereocenters. The molecule has 0 aliphatic heterocycles. The van der Waals surface area contributed by atoms with Crippen LogP contribution in [-0.4, -0.2) is 27.4 Å². The highest BCUT2D eigenvalue weighted by Gasteiger charge is 2.23. The topological polar surface area (TPSA) is 102 Å². The molecule has 0 aromatic heterocycles. The summed E-state index contributed by atoms with van der Waals surface area (Å²) in [6, 6.07) is 6.00. The Morgan fingerprint density at radius 3 is 2.65 bits per heavy atom. The van der Waals surface area contributed by atoms with Crippen LogP contribution in [0.2, 0.25) is 5.02 Å². The number of nitrogens with zero attached hydrogens (tertiary/aromatic N) is 1. The van der Waals surface area contributed by atoms with E-state index in [9.17, 15) is 15.0 Å². The number of aliphatic hydroxyl groups is 2. The molecule has 0 bridgehead atoms. The number of benzene rings is 1. The standard InChI is InChI=1S/C11H10ClNO4/c12-7-1-2-8(6(3-7)5-13)11(17)9(14)4-10(15)16/h1-3,9,11,14,17H,4H2,(H,15,16). The maximum absolute atomic E-state index is 10.4. The summed E-state index contributed by atoms with van der Waals surface area (Å²) in [7, 11) is 0. The van der Waals surface area contributed by atoms with E-state index in [0.29, 0.717) is 5.02 Å². The van der Waals surface area contributed by atoms with Gasteiger partial charge in [0.2, 0.25) is 0 Å². The molecule has 0 fully saturated rings. The number of halogens is 1. The van der Waals surface area contributed by atoms with Crippen LogP contribution in [0, 0.1) is 11.3 Å². The van der Waals surface area contributed by atoms with Crippen molar-refractivity contribution < 1.29 is 20.1 Å². The fraction of sp³-hybridized carbons (Fsp3) is 0.273. The zero-order chi connectivity index (χ0) is 13.0. The lowest BCUT2D eigenvalue weighted by Crippen LogP contribution is -2.22. The molecule has 1 aromatic carbocycles. The first-order valence-corrected chi connectivity index (χ1v) is 5.11. The smallest absolute Gasteiger partial charge is 0.306 e. The zero-order valence-electron chi connectivity index (χ0n) is 8.67. The molecule has 0 aliphatic rings. The van der Waals surface area contributed by atoms with Crippen molar-refractivity contribution in [1.82, 2.24) is 0 Å². The fourth-order valence-electron chi connectivity index (χ4n) is 1.38. The summed E-state index contributed by atoms with van der Waals surface area (Å²) in [4.78, 5) is 10.4. The summed E-state index contributed by atoms with van der Waals surface area (Å²) < 4.78 is 0. The van der Waals surface area contributed by atoms with Gasteiger partial charge in [-0.1, -0.05) is 17.7 Å². The number of nitriles is 1. The highest BCUT2D eigenvalue weighted by Crippen LogP contribution is 2.25. The first-order chi connectivity index (χ1) is 7.95. The number of carbonyl (C=O) groups is 1. The van der Waals surface area contributed by atoms with Gasteiger partial charge in [0.05, 0.1) is 24.2 Å². The molecule has 0 saturated carbocycles. The Hall–Kier alpha value is -1.61. The Kier molecular flexibility index (Phi) is 4.46. The predicted molar refractivity (Wildman–Crippen MR) is 59.4 cm³/mol. The Morgan fingerprint density at radius 2 is 2.12 bits per heavy atom. The molecular formula is C11H10ClNO4. The van der Waals surface area contributed by atoms with Gasteiger partial charge in [-0.15, -0.1) is 0 Å². The molecule has 2 atom stereocenters. The summed E-state index contributed by atoms with van der Waals surface area (Å²) in [6.45, 7) is 0. The normalized spacial score (nSPS) is 13.8. The summed E-state index contributed by atoms with van der Waals surface area (Å²) in [6.07, 6.45) is -3.51. The van der Waals surface area contributed by atoms with E-state index in [1.54, 1.807) is 0 Å². The van der Waals surface area contributed by atoms with Gasteiger partial charge in [0, 0.05) is 10.6 Å². The highest BCUT2D eigenvalue weighted by atomic mass is 35.5. The van der Waals surface area contributed by atoms with Crippen LogP contribution in [-0.2, 0) is 4.79 Å². The molecule has 0 aliphatic carbocycles. The summed E-state index contributed by atoms with van der Waals surface area (Å²) in [5.41, 5.74) is 0.264. The first-order valence-electron chi connectivity index (χ1n) is 4.73. The van der Waals surface area contributed by atoms with Crippen molar-refractivity contribution in [3.63, 3.8) is 0 Å². The molecule has 6 heteroatoms. The monoisotopic (exact) mass is 255 g/mol. The van der Waals surface area contributed by atoms with Crippen LogP contribution in [0.3, 0.4) is 0 Å². The van der Waals surface area contributed by atoms with Crippen molar-refractivity contribution >= 4 is 17.6 Å². The molecule has 1 rings (SSSR count). The van der Waals surface area contributed by atoms with E-state index in [2.05, 4.69) is 0 Å². The van der Waals surface area contributed by atoms with Crippen LogP contribution in [0.1, 0.15) is 23.7 Å². The zero-order valence-corrected chi connectivity index (χ0v) is 9.42. The van der Waals surface area contributed by atoms with E-state index in [4.69, 9.17) is 22.0 Å². The first kappa shape index (κ1) is 13.5. The third-order valence-electron chi connectivity index (χ3n) is 2.20. The van der Waals surface area contributed by atoms with Crippen LogP contribution in [0.15, 0.2) is 18.2 Å². The molecular weight excluding hydrogens is 246 g/mol. The number of hydrogen-bond acceptors (Lipinski definition) is 4. The van der Waals surface area contributed by atoms with Crippen molar-refractivity contribution in [3.05, 3.63) is 34.3 Å². The van der Waals surface area contributed by atoms with E-state index >= 15 is 0 Å². The Balaban J connectivity index is 3.00. The minimum atomic E-state index is -1.47. The Labute approximate surface area is 102 Å². The minimum absolute atomic E-state index is 0.106. The van der Waals surface area contributed by atoms with Crippen LogP contribution in [0.25, 0.3) is 0 Å². The van der Waals surface area contributed by atoms with E-state index in [1.165, 1.54) is 18.2 Å². The fourth-order valence-corrected chi connectivity index (χ4v) is 1.55. The van der Waals surface area contributed by atoms with Crippen molar-refractivity contribution in [3.8, 4) is 6.07 Å². The van der Waals surface area contributed by atoms with Gasteiger partial charge in [-0.05, 0) is 12.1 Å². The van der Waals surface area contributed by atoms with Crippen molar-refractivity contribution in [2.24, 2.45) is 0 Å². The molecule has 0 amide bonds. The number of hydrogen-bond donors (Lipinski definition) is 3. The van der Waals surface area contributed by atoms with E-state index < -0.39 is 24.6 Å². The predicted octanol–water partition coefficient (Wildman–Crippen LogP) is 1.08. The summed E-state index contributed by atoms with van der Waals surface area (Å²) in [5, 5.41) is 36.8. The maximum Gasteiger partial charge on any atom is 0.306 e. The molecule has 90 valence electrons. The largest absolute Gasteiger partial charge is 0.481 e. The second-order valence-corrected chi connectivity index (χ2v) is 3.89. The lowest BCUT2D eigenvalue weighted by Gasteiger charge is -2.17. The molecule has 0 saturated heterocycles. The second-order valence-electron chi connectivity index (χ2n) is 3.45. The Morgan fingerprint density at radius 1 is 1.47 bits per heavy atom. The van der Waals surface area contributed by atoms with Crippen molar-refractivity contribution in [1.29, 1.82) is 5.26 Å². The van der Waals surface area contributed by atoms with Gasteiger partial charge in [0.1, 0.15) is 6.10 Å². The van der Waals surface area contributed by atoms with Crippen LogP contribution in [0.4, 0.5) is 0 Å². The van der Waals surface area contributed by atoms with Crippen LogP contribution < -0.4 is 0 Å². The molecule has 0 spiro atoms. The maximum atomic E-state index is 10.4. The number of aliphatic hydroxyl groups excluding tert-OH is 2. The van der Waals surface area contributed by atoms with Gasteiger partial charge >= 0.3 is 5.97 Å². The van der Waals surface area contributed by atoms with Gasteiger partial charge in [-0.25, -0.2) is 0 Å². The average Bonchev–Trinajstić information content (AvgIpc) is 2.27. The van der Waals surface area contributed by atoms with Gasteiger partial charge in [0.25, 0.3) is 0 Å². The molecule has 3 N–H and O–H groups in total. The molecule has 17 heavy (non-hydrogen) atoms. The number of carboxylic acids is 1. The summed E-state index contributed by atoms with van der Waals surface area (Å²) in [5.74, 6) is -1.23. The van der Waals surface area contributed by atoms with Crippen LogP contribution >= 0.6 is 11.6 Å². The van der Waals surface area contributed by atoms with E-state index in [0.717, 1.165) is 0 Å². The van der Waals surface area contributed by atoms with Gasteiger partial charge in [0.15, 0.2) is 0 Å². The molecule has 1 aromatic rings. The SMILES string of the molecule is N#Cc1cc(Cl)ccc1C(O)C(O)CC(=O)O. The van der Waals surface area contributed by atoms with E-state index in [-0.39, 0.29) is 11.1 Å². The van der Waals surface area contributed by atoms with Crippen molar-refractivity contribution in [2.75, 3.05) is 0 Å². The summed E-state index contributed by atoms with van der Waals surface area (Å²) >= 11 is 5.67.